The molecule has 138 valence electrons. The van der Waals surface area contributed by atoms with Crippen LogP contribution in [-0.2, 0) is 4.79 Å². The van der Waals surface area contributed by atoms with Crippen molar-refractivity contribution < 1.29 is 18.8 Å². The lowest BCUT2D eigenvalue weighted by Crippen LogP contribution is -2.24. The van der Waals surface area contributed by atoms with Crippen LogP contribution in [0.4, 0.5) is 5.69 Å². The number of hydrogen-bond donors (Lipinski definition) is 0. The number of hydrogen-bond acceptors (Lipinski definition) is 6. The number of carbonyl (C=O) groups excluding carboxylic acids is 1. The van der Waals surface area contributed by atoms with Gasteiger partial charge in [-0.3, -0.25) is 4.79 Å². The molecule has 0 spiro atoms. The summed E-state index contributed by atoms with van der Waals surface area (Å²) < 4.78 is 16.1. The van der Waals surface area contributed by atoms with E-state index in [1.165, 1.54) is 0 Å². The summed E-state index contributed by atoms with van der Waals surface area (Å²) >= 11 is 0. The van der Waals surface area contributed by atoms with E-state index in [2.05, 4.69) is 10.1 Å². The second-order valence-electron chi connectivity index (χ2n) is 6.27. The summed E-state index contributed by atoms with van der Waals surface area (Å²) in [6.07, 6.45) is 0.311. The molecule has 0 N–H and O–H groups in total. The first-order valence-corrected chi connectivity index (χ1v) is 8.61. The van der Waals surface area contributed by atoms with Gasteiger partial charge >= 0.3 is 0 Å². The summed E-state index contributed by atoms with van der Waals surface area (Å²) in [5.74, 6) is 2.08. The van der Waals surface area contributed by atoms with Crippen molar-refractivity contribution >= 4 is 11.6 Å². The van der Waals surface area contributed by atoms with Gasteiger partial charge in [0.1, 0.15) is 11.5 Å². The highest BCUT2D eigenvalue weighted by atomic mass is 16.5. The van der Waals surface area contributed by atoms with Gasteiger partial charge in [0, 0.05) is 24.6 Å². The number of amides is 1. The van der Waals surface area contributed by atoms with Gasteiger partial charge in [-0.25, -0.2) is 0 Å². The van der Waals surface area contributed by atoms with Crippen molar-refractivity contribution in [1.82, 2.24) is 10.1 Å². The molecule has 0 radical (unpaired) electrons. The number of carbonyl (C=O) groups is 1. The van der Waals surface area contributed by atoms with Crippen LogP contribution in [-0.4, -0.2) is 36.8 Å². The van der Waals surface area contributed by atoms with E-state index in [9.17, 15) is 4.79 Å². The highest BCUT2D eigenvalue weighted by Crippen LogP contribution is 2.38. The van der Waals surface area contributed by atoms with E-state index in [0.29, 0.717) is 41.9 Å². The van der Waals surface area contributed by atoms with Gasteiger partial charge in [0.05, 0.1) is 25.8 Å². The molecule has 1 amide bonds. The second-order valence-corrected chi connectivity index (χ2v) is 6.27. The Morgan fingerprint density at radius 1 is 1.11 bits per heavy atom. The molecule has 1 saturated heterocycles. The molecule has 3 aromatic rings. The van der Waals surface area contributed by atoms with Gasteiger partial charge in [-0.05, 0) is 12.1 Å². The van der Waals surface area contributed by atoms with Gasteiger partial charge in [-0.15, -0.1) is 0 Å². The fourth-order valence-corrected chi connectivity index (χ4v) is 3.22. The van der Waals surface area contributed by atoms with Gasteiger partial charge in [0.25, 0.3) is 0 Å². The number of benzene rings is 2. The first kappa shape index (κ1) is 17.1. The zero-order chi connectivity index (χ0) is 18.8. The summed E-state index contributed by atoms with van der Waals surface area (Å²) in [6, 6.07) is 15.0. The predicted molar refractivity (Wildman–Crippen MR) is 99.0 cm³/mol. The topological polar surface area (TPSA) is 77.7 Å². The number of methoxy groups -OCH3 is 2. The molecular formula is C20H19N3O4. The smallest absolute Gasteiger partial charge is 0.232 e. The van der Waals surface area contributed by atoms with E-state index >= 15 is 0 Å². The Kier molecular flexibility index (Phi) is 4.50. The summed E-state index contributed by atoms with van der Waals surface area (Å²) in [4.78, 5) is 18.8. The van der Waals surface area contributed by atoms with Crippen molar-refractivity contribution in [2.75, 3.05) is 25.7 Å². The molecule has 1 aliphatic rings. The molecule has 1 fully saturated rings. The molecule has 1 aromatic heterocycles. The zero-order valence-corrected chi connectivity index (χ0v) is 15.1. The van der Waals surface area contributed by atoms with Crippen molar-refractivity contribution in [3.05, 3.63) is 54.4 Å². The molecule has 4 rings (SSSR count). The molecular weight excluding hydrogens is 346 g/mol. The van der Waals surface area contributed by atoms with Crippen LogP contribution in [0.3, 0.4) is 0 Å². The second kappa shape index (κ2) is 7.11. The Hall–Kier alpha value is -3.35. The third-order valence-electron chi connectivity index (χ3n) is 4.63. The third-order valence-corrected chi connectivity index (χ3v) is 4.63. The average Bonchev–Trinajstić information content (AvgIpc) is 3.35. The molecule has 1 unspecified atom stereocenters. The fourth-order valence-electron chi connectivity index (χ4n) is 3.22. The maximum Gasteiger partial charge on any atom is 0.232 e. The maximum absolute atomic E-state index is 12.6. The zero-order valence-electron chi connectivity index (χ0n) is 15.1. The highest BCUT2D eigenvalue weighted by molar-refractivity contribution is 5.97. The molecule has 1 aliphatic heterocycles. The molecule has 27 heavy (non-hydrogen) atoms. The van der Waals surface area contributed by atoms with Gasteiger partial charge in [-0.2, -0.15) is 4.98 Å². The number of ether oxygens (including phenoxy) is 2. The van der Waals surface area contributed by atoms with Crippen LogP contribution in [0.15, 0.2) is 53.1 Å². The van der Waals surface area contributed by atoms with Crippen molar-refractivity contribution in [2.24, 2.45) is 0 Å². The lowest BCUT2D eigenvalue weighted by Gasteiger charge is -2.19. The van der Waals surface area contributed by atoms with Crippen LogP contribution < -0.4 is 14.4 Å². The SMILES string of the molecule is COc1ccc(N2CC(c3nc(-c4ccccc4)no3)CC2=O)c(OC)c1. The van der Waals surface area contributed by atoms with Gasteiger partial charge in [0.2, 0.25) is 17.6 Å². The maximum atomic E-state index is 12.6. The fraction of sp³-hybridized carbons (Fsp3) is 0.250. The molecule has 7 nitrogen and oxygen atoms in total. The minimum Gasteiger partial charge on any atom is -0.497 e. The lowest BCUT2D eigenvalue weighted by atomic mass is 10.1. The number of anilines is 1. The standard InChI is InChI=1S/C20H19N3O4/c1-25-15-8-9-16(17(11-15)26-2)23-12-14(10-18(23)24)20-21-19(22-27-20)13-6-4-3-5-7-13/h3-9,11,14H,10,12H2,1-2H3. The Morgan fingerprint density at radius 2 is 1.93 bits per heavy atom. The van der Waals surface area contributed by atoms with Crippen LogP contribution in [0.25, 0.3) is 11.4 Å². The summed E-state index contributed by atoms with van der Waals surface area (Å²) in [6.45, 7) is 0.456. The first-order valence-electron chi connectivity index (χ1n) is 8.61. The minimum atomic E-state index is -0.158. The average molecular weight is 365 g/mol. The molecule has 0 saturated carbocycles. The van der Waals surface area contributed by atoms with Crippen LogP contribution >= 0.6 is 0 Å². The van der Waals surface area contributed by atoms with Crippen molar-refractivity contribution in [3.63, 3.8) is 0 Å². The van der Waals surface area contributed by atoms with Gasteiger partial charge in [0.15, 0.2) is 0 Å². The summed E-state index contributed by atoms with van der Waals surface area (Å²) in [7, 11) is 3.16. The van der Waals surface area contributed by atoms with Crippen LogP contribution in [0.2, 0.25) is 0 Å². The van der Waals surface area contributed by atoms with Crippen LogP contribution in [0, 0.1) is 0 Å². The van der Waals surface area contributed by atoms with E-state index in [4.69, 9.17) is 14.0 Å². The van der Waals surface area contributed by atoms with Crippen molar-refractivity contribution in [2.45, 2.75) is 12.3 Å². The molecule has 2 aromatic carbocycles. The monoisotopic (exact) mass is 365 g/mol. The van der Waals surface area contributed by atoms with Crippen LogP contribution in [0.1, 0.15) is 18.2 Å². The van der Waals surface area contributed by atoms with Crippen LogP contribution in [0.5, 0.6) is 11.5 Å². The Balaban J connectivity index is 1.57. The minimum absolute atomic E-state index is 0.0112. The normalized spacial score (nSPS) is 16.6. The van der Waals surface area contributed by atoms with E-state index < -0.39 is 0 Å². The first-order chi connectivity index (χ1) is 13.2. The number of aromatic nitrogens is 2. The summed E-state index contributed by atoms with van der Waals surface area (Å²) in [5.41, 5.74) is 1.58. The third kappa shape index (κ3) is 3.23. The molecule has 7 heteroatoms. The van der Waals surface area contributed by atoms with E-state index in [1.807, 2.05) is 36.4 Å². The lowest BCUT2D eigenvalue weighted by molar-refractivity contribution is -0.117. The van der Waals surface area contributed by atoms with E-state index in [-0.39, 0.29) is 11.8 Å². The quantitative estimate of drug-likeness (QED) is 0.691. The predicted octanol–water partition coefficient (Wildman–Crippen LogP) is 3.27. The van der Waals surface area contributed by atoms with Crippen molar-refractivity contribution in [3.8, 4) is 22.9 Å². The molecule has 0 bridgehead atoms. The molecule has 0 aliphatic carbocycles. The Morgan fingerprint density at radius 3 is 2.67 bits per heavy atom. The van der Waals surface area contributed by atoms with Gasteiger partial charge < -0.3 is 18.9 Å². The number of nitrogens with zero attached hydrogens (tertiary/aromatic N) is 3. The Bertz CT molecular complexity index is 955. The Labute approximate surface area is 156 Å². The van der Waals surface area contributed by atoms with E-state index in [0.717, 1.165) is 5.56 Å². The summed E-state index contributed by atoms with van der Waals surface area (Å²) in [5, 5.41) is 4.05. The molecule has 2 heterocycles. The highest BCUT2D eigenvalue weighted by Gasteiger charge is 2.36. The van der Waals surface area contributed by atoms with Crippen molar-refractivity contribution in [1.29, 1.82) is 0 Å². The van der Waals surface area contributed by atoms with E-state index in [1.54, 1.807) is 31.3 Å². The van der Waals surface area contributed by atoms with Gasteiger partial charge in [-0.1, -0.05) is 35.5 Å². The number of rotatable bonds is 5. The largest absolute Gasteiger partial charge is 0.497 e. The molecule has 1 atom stereocenters.